The molecule has 1 saturated heterocycles. The van der Waals surface area contributed by atoms with E-state index in [1.807, 2.05) is 5.38 Å². The first-order valence-electron chi connectivity index (χ1n) is 6.13. The maximum Gasteiger partial charge on any atom is 0.243 e. The van der Waals surface area contributed by atoms with Crippen molar-refractivity contribution < 1.29 is 13.2 Å². The van der Waals surface area contributed by atoms with Crippen LogP contribution in [0.15, 0.2) is 34.5 Å². The second-order valence-corrected chi connectivity index (χ2v) is 6.88. The van der Waals surface area contributed by atoms with Crippen LogP contribution >= 0.6 is 11.5 Å². The van der Waals surface area contributed by atoms with Crippen molar-refractivity contribution in [2.75, 3.05) is 26.3 Å². The van der Waals surface area contributed by atoms with Gasteiger partial charge in [0, 0.05) is 24.0 Å². The molecule has 0 radical (unpaired) electrons. The topological polar surface area (TPSA) is 72.4 Å². The molecule has 1 aliphatic rings. The molecule has 1 aromatic carbocycles. The Kier molecular flexibility index (Phi) is 3.79. The Morgan fingerprint density at radius 3 is 2.45 bits per heavy atom. The Morgan fingerprint density at radius 2 is 1.85 bits per heavy atom. The van der Waals surface area contributed by atoms with E-state index in [0.29, 0.717) is 31.2 Å². The molecule has 20 heavy (non-hydrogen) atoms. The standard InChI is InChI=1S/C12H13N3O3S2/c16-20(17,15-5-7-18-8-6-15)11-3-1-10(2-4-11)12-9-19-14-13-12/h1-4,9H,5-8H2. The second kappa shape index (κ2) is 5.57. The second-order valence-electron chi connectivity index (χ2n) is 4.33. The lowest BCUT2D eigenvalue weighted by atomic mass is 10.2. The highest BCUT2D eigenvalue weighted by Gasteiger charge is 2.26. The predicted molar refractivity (Wildman–Crippen MR) is 74.9 cm³/mol. The molecule has 0 N–H and O–H groups in total. The molecule has 1 aromatic heterocycles. The zero-order valence-corrected chi connectivity index (χ0v) is 12.2. The van der Waals surface area contributed by atoms with Crippen molar-refractivity contribution in [2.24, 2.45) is 0 Å². The number of rotatable bonds is 3. The van der Waals surface area contributed by atoms with Crippen LogP contribution in [-0.2, 0) is 14.8 Å². The van der Waals surface area contributed by atoms with E-state index in [4.69, 9.17) is 4.74 Å². The highest BCUT2D eigenvalue weighted by molar-refractivity contribution is 7.89. The van der Waals surface area contributed by atoms with Gasteiger partial charge in [-0.1, -0.05) is 16.6 Å². The van der Waals surface area contributed by atoms with Gasteiger partial charge in [0.05, 0.1) is 18.1 Å². The Labute approximate surface area is 121 Å². The largest absolute Gasteiger partial charge is 0.379 e. The first-order chi connectivity index (χ1) is 9.68. The SMILES string of the molecule is O=S(=O)(c1ccc(-c2csnn2)cc1)N1CCOCC1. The number of hydrogen-bond acceptors (Lipinski definition) is 6. The van der Waals surface area contributed by atoms with Crippen LogP contribution < -0.4 is 0 Å². The van der Waals surface area contributed by atoms with E-state index in [0.717, 1.165) is 11.3 Å². The van der Waals surface area contributed by atoms with Gasteiger partial charge in [0.1, 0.15) is 5.69 Å². The summed E-state index contributed by atoms with van der Waals surface area (Å²) >= 11 is 1.27. The summed E-state index contributed by atoms with van der Waals surface area (Å²) in [5.41, 5.74) is 1.62. The summed E-state index contributed by atoms with van der Waals surface area (Å²) in [4.78, 5) is 0.298. The summed E-state index contributed by atoms with van der Waals surface area (Å²) < 4.78 is 35.3. The molecule has 1 aliphatic heterocycles. The molecule has 0 saturated carbocycles. The summed E-state index contributed by atoms with van der Waals surface area (Å²) in [6, 6.07) is 6.73. The molecule has 0 unspecified atom stereocenters. The fourth-order valence-corrected chi connectivity index (χ4v) is 3.90. The van der Waals surface area contributed by atoms with Gasteiger partial charge in [-0.2, -0.15) is 4.31 Å². The summed E-state index contributed by atoms with van der Waals surface area (Å²) in [5, 5.41) is 5.79. The van der Waals surface area contributed by atoms with Gasteiger partial charge in [0.25, 0.3) is 0 Å². The summed E-state index contributed by atoms with van der Waals surface area (Å²) in [6.07, 6.45) is 0. The third kappa shape index (κ3) is 2.59. The zero-order chi connectivity index (χ0) is 14.0. The molecule has 0 bridgehead atoms. The van der Waals surface area contributed by atoms with E-state index in [1.165, 1.54) is 15.8 Å². The van der Waals surface area contributed by atoms with Crippen molar-refractivity contribution in [1.82, 2.24) is 13.9 Å². The maximum absolute atomic E-state index is 12.4. The first-order valence-corrected chi connectivity index (χ1v) is 8.41. The third-order valence-electron chi connectivity index (χ3n) is 3.12. The molecule has 1 fully saturated rings. The number of nitrogens with zero attached hydrogens (tertiary/aromatic N) is 3. The minimum Gasteiger partial charge on any atom is -0.379 e. The van der Waals surface area contributed by atoms with Crippen molar-refractivity contribution in [3.63, 3.8) is 0 Å². The minimum atomic E-state index is -3.43. The van der Waals surface area contributed by atoms with Gasteiger partial charge in [-0.05, 0) is 23.7 Å². The van der Waals surface area contributed by atoms with E-state index in [-0.39, 0.29) is 0 Å². The van der Waals surface area contributed by atoms with E-state index in [9.17, 15) is 8.42 Å². The number of hydrogen-bond donors (Lipinski definition) is 0. The molecule has 3 rings (SSSR count). The molecule has 0 spiro atoms. The third-order valence-corrected chi connectivity index (χ3v) is 5.54. The molecule has 2 heterocycles. The fourth-order valence-electron chi connectivity index (χ4n) is 2.02. The molecule has 0 amide bonds. The highest BCUT2D eigenvalue weighted by atomic mass is 32.2. The monoisotopic (exact) mass is 311 g/mol. The van der Waals surface area contributed by atoms with Crippen LogP contribution in [0.1, 0.15) is 0 Å². The van der Waals surface area contributed by atoms with Crippen molar-refractivity contribution in [2.45, 2.75) is 4.90 Å². The predicted octanol–water partition coefficient (Wildman–Crippen LogP) is 1.23. The average molecular weight is 311 g/mol. The van der Waals surface area contributed by atoms with Crippen LogP contribution in [0.3, 0.4) is 0 Å². The van der Waals surface area contributed by atoms with Crippen LogP contribution in [-0.4, -0.2) is 48.6 Å². The summed E-state index contributed by atoms with van der Waals surface area (Å²) in [7, 11) is -3.43. The number of ether oxygens (including phenoxy) is 1. The molecular weight excluding hydrogens is 298 g/mol. The normalized spacial score (nSPS) is 17.2. The smallest absolute Gasteiger partial charge is 0.243 e. The van der Waals surface area contributed by atoms with Crippen LogP contribution in [0.5, 0.6) is 0 Å². The van der Waals surface area contributed by atoms with E-state index in [2.05, 4.69) is 9.59 Å². The fraction of sp³-hybridized carbons (Fsp3) is 0.333. The van der Waals surface area contributed by atoms with E-state index >= 15 is 0 Å². The average Bonchev–Trinajstić information content (AvgIpc) is 3.02. The lowest BCUT2D eigenvalue weighted by molar-refractivity contribution is 0.0730. The molecule has 6 nitrogen and oxygen atoms in total. The molecule has 106 valence electrons. The summed E-state index contributed by atoms with van der Waals surface area (Å²) in [5.74, 6) is 0. The van der Waals surface area contributed by atoms with Gasteiger partial charge < -0.3 is 4.74 Å². The van der Waals surface area contributed by atoms with Crippen molar-refractivity contribution in [3.8, 4) is 11.3 Å². The van der Waals surface area contributed by atoms with E-state index in [1.54, 1.807) is 24.3 Å². The first kappa shape index (κ1) is 13.6. The molecule has 0 aliphatic carbocycles. The zero-order valence-electron chi connectivity index (χ0n) is 10.6. The lowest BCUT2D eigenvalue weighted by Gasteiger charge is -2.26. The number of sulfonamides is 1. The van der Waals surface area contributed by atoms with Crippen molar-refractivity contribution in [1.29, 1.82) is 0 Å². The quantitative estimate of drug-likeness (QED) is 0.852. The van der Waals surface area contributed by atoms with Gasteiger partial charge >= 0.3 is 0 Å². The van der Waals surface area contributed by atoms with Gasteiger partial charge in [0.2, 0.25) is 10.0 Å². The Bertz CT molecular complexity index is 662. The number of morpholine rings is 1. The van der Waals surface area contributed by atoms with Gasteiger partial charge in [-0.25, -0.2) is 8.42 Å². The van der Waals surface area contributed by atoms with Crippen LogP contribution in [0, 0.1) is 0 Å². The van der Waals surface area contributed by atoms with Gasteiger partial charge in [-0.15, -0.1) is 5.10 Å². The molecule has 2 aromatic rings. The number of aromatic nitrogens is 2. The highest BCUT2D eigenvalue weighted by Crippen LogP contribution is 2.22. The Morgan fingerprint density at radius 1 is 1.15 bits per heavy atom. The van der Waals surface area contributed by atoms with Crippen LogP contribution in [0.4, 0.5) is 0 Å². The molecule has 8 heteroatoms. The van der Waals surface area contributed by atoms with Crippen molar-refractivity contribution >= 4 is 21.6 Å². The Hall–Kier alpha value is -1.35. The van der Waals surface area contributed by atoms with Crippen LogP contribution in [0.2, 0.25) is 0 Å². The van der Waals surface area contributed by atoms with Gasteiger partial charge in [-0.3, -0.25) is 0 Å². The van der Waals surface area contributed by atoms with Crippen LogP contribution in [0.25, 0.3) is 11.3 Å². The molecule has 0 atom stereocenters. The number of benzene rings is 1. The Balaban J connectivity index is 1.87. The minimum absolute atomic E-state index is 0.298. The van der Waals surface area contributed by atoms with E-state index < -0.39 is 10.0 Å². The summed E-state index contributed by atoms with van der Waals surface area (Å²) in [6.45, 7) is 1.70. The molecular formula is C12H13N3O3S2. The van der Waals surface area contributed by atoms with Crippen molar-refractivity contribution in [3.05, 3.63) is 29.6 Å². The lowest BCUT2D eigenvalue weighted by Crippen LogP contribution is -2.40. The maximum atomic E-state index is 12.4. The van der Waals surface area contributed by atoms with Gasteiger partial charge in [0.15, 0.2) is 0 Å².